The van der Waals surface area contributed by atoms with Crippen molar-refractivity contribution in [3.63, 3.8) is 0 Å². The van der Waals surface area contributed by atoms with Crippen LogP contribution >= 0.6 is 0 Å². The molecule has 4 heterocycles. The monoisotopic (exact) mass is 489 g/mol. The molecule has 9 nitrogen and oxygen atoms in total. The van der Waals surface area contributed by atoms with Gasteiger partial charge in [0, 0.05) is 43.4 Å². The molecule has 0 radical (unpaired) electrons. The Labute approximate surface area is 211 Å². The molecule has 1 unspecified atom stereocenters. The number of hydrogen-bond donors (Lipinski definition) is 3. The van der Waals surface area contributed by atoms with Gasteiger partial charge in [-0.2, -0.15) is 4.98 Å². The topological polar surface area (TPSA) is 112 Å². The van der Waals surface area contributed by atoms with Gasteiger partial charge in [0.25, 0.3) is 0 Å². The van der Waals surface area contributed by atoms with Crippen molar-refractivity contribution in [2.75, 3.05) is 37.9 Å². The maximum absolute atomic E-state index is 6.12. The fraction of sp³-hybridized carbons (Fsp3) is 0.444. The molecular formula is C27H35N7O2. The lowest BCUT2D eigenvalue weighted by Gasteiger charge is -2.15. The Morgan fingerprint density at radius 2 is 2.14 bits per heavy atom. The van der Waals surface area contributed by atoms with E-state index in [9.17, 15) is 0 Å². The fourth-order valence-electron chi connectivity index (χ4n) is 4.91. The lowest BCUT2D eigenvalue weighted by molar-refractivity contribution is 0.110. The minimum atomic E-state index is 0.267. The average molecular weight is 490 g/mol. The predicted molar refractivity (Wildman–Crippen MR) is 143 cm³/mol. The van der Waals surface area contributed by atoms with Crippen LogP contribution in [0.4, 0.5) is 11.8 Å². The third kappa shape index (κ3) is 5.08. The highest BCUT2D eigenvalue weighted by molar-refractivity contribution is 6.09. The van der Waals surface area contributed by atoms with Crippen molar-refractivity contribution < 1.29 is 9.47 Å². The van der Waals surface area contributed by atoms with E-state index in [1.807, 2.05) is 18.3 Å². The lowest BCUT2D eigenvalue weighted by Crippen LogP contribution is -2.25. The van der Waals surface area contributed by atoms with Crippen molar-refractivity contribution in [2.24, 2.45) is 0 Å². The summed E-state index contributed by atoms with van der Waals surface area (Å²) in [4.78, 5) is 13.8. The van der Waals surface area contributed by atoms with E-state index in [-0.39, 0.29) is 5.95 Å². The molecule has 1 atom stereocenters. The highest BCUT2D eigenvalue weighted by Crippen LogP contribution is 2.33. The first kappa shape index (κ1) is 24.3. The van der Waals surface area contributed by atoms with Gasteiger partial charge < -0.3 is 30.4 Å². The minimum Gasteiger partial charge on any atom is -0.481 e. The smallest absolute Gasteiger partial charge is 0.222 e. The lowest BCUT2D eigenvalue weighted by atomic mass is 10.1. The van der Waals surface area contributed by atoms with E-state index >= 15 is 0 Å². The number of nitrogen functional groups attached to an aromatic ring is 1. The maximum Gasteiger partial charge on any atom is 0.222 e. The summed E-state index contributed by atoms with van der Waals surface area (Å²) < 4.78 is 13.6. The number of methoxy groups -OCH3 is 1. The number of nitrogens with zero attached hydrogens (tertiary/aromatic N) is 4. The van der Waals surface area contributed by atoms with Crippen LogP contribution in [0.2, 0.25) is 0 Å². The van der Waals surface area contributed by atoms with E-state index in [2.05, 4.69) is 55.3 Å². The largest absolute Gasteiger partial charge is 0.481 e. The van der Waals surface area contributed by atoms with Gasteiger partial charge in [0.1, 0.15) is 11.0 Å². The van der Waals surface area contributed by atoms with Crippen LogP contribution in [0, 0.1) is 0 Å². The average Bonchev–Trinajstić information content (AvgIpc) is 3.51. The van der Waals surface area contributed by atoms with Crippen LogP contribution in [0.1, 0.15) is 43.7 Å². The van der Waals surface area contributed by atoms with Crippen molar-refractivity contribution in [2.45, 2.75) is 51.8 Å². The van der Waals surface area contributed by atoms with E-state index in [0.29, 0.717) is 18.5 Å². The summed E-state index contributed by atoms with van der Waals surface area (Å²) in [5.41, 5.74) is 11.1. The Kier molecular flexibility index (Phi) is 7.48. The minimum absolute atomic E-state index is 0.267. The molecule has 0 spiro atoms. The third-order valence-electron chi connectivity index (χ3n) is 6.67. The zero-order chi connectivity index (χ0) is 24.9. The second-order valence-corrected chi connectivity index (χ2v) is 9.29. The summed E-state index contributed by atoms with van der Waals surface area (Å²) >= 11 is 0. The standard InChI is InChI=1S/C27H35N7O2/c1-3-4-11-30-25-24-23(32-27(28)33-25)21-9-5-6-10-22(21)34(24)17-19-13-18(15-31-26(19)35-2)14-29-16-20-8-7-12-36-20/h5-6,9-10,13,15,20,29H,3-4,7-8,11-12,14,16-17H2,1-2H3,(H3,28,30,32,33). The van der Waals surface area contributed by atoms with Gasteiger partial charge >= 0.3 is 0 Å². The van der Waals surface area contributed by atoms with Crippen LogP contribution in [-0.4, -0.2) is 52.4 Å². The quantitative estimate of drug-likeness (QED) is 0.270. The molecule has 190 valence electrons. The molecule has 1 saturated heterocycles. The Bertz CT molecular complexity index is 1330. The molecule has 1 aliphatic heterocycles. The van der Waals surface area contributed by atoms with Crippen molar-refractivity contribution in [3.05, 3.63) is 47.7 Å². The number of para-hydroxylation sites is 1. The zero-order valence-electron chi connectivity index (χ0n) is 21.1. The molecular weight excluding hydrogens is 454 g/mol. The van der Waals surface area contributed by atoms with Crippen molar-refractivity contribution >= 4 is 33.7 Å². The Hall–Kier alpha value is -3.43. The number of unbranched alkanes of at least 4 members (excludes halogenated alkanes) is 1. The van der Waals surface area contributed by atoms with E-state index < -0.39 is 0 Å². The summed E-state index contributed by atoms with van der Waals surface area (Å²) in [5, 5.41) is 8.05. The molecule has 1 aliphatic rings. The van der Waals surface area contributed by atoms with E-state index in [1.165, 1.54) is 0 Å². The Balaban J connectivity index is 1.51. The SMILES string of the molecule is CCCCNc1nc(N)nc2c3ccccc3n(Cc3cc(CNCC4CCCO4)cnc3OC)c12. The molecule has 3 aromatic heterocycles. The molecule has 0 saturated carbocycles. The molecule has 9 heteroatoms. The molecule has 0 aliphatic carbocycles. The molecule has 4 aromatic rings. The summed E-state index contributed by atoms with van der Waals surface area (Å²) in [6.45, 7) is 5.99. The number of hydrogen-bond acceptors (Lipinski definition) is 8. The van der Waals surface area contributed by atoms with Gasteiger partial charge in [-0.3, -0.25) is 0 Å². The first-order chi connectivity index (χ1) is 17.7. The summed E-state index contributed by atoms with van der Waals surface area (Å²) in [6.07, 6.45) is 6.58. The third-order valence-corrected chi connectivity index (χ3v) is 6.67. The van der Waals surface area contributed by atoms with Gasteiger partial charge in [-0.15, -0.1) is 0 Å². The first-order valence-electron chi connectivity index (χ1n) is 12.8. The number of benzene rings is 1. The molecule has 36 heavy (non-hydrogen) atoms. The number of anilines is 2. The molecule has 0 amide bonds. The van der Waals surface area contributed by atoms with E-state index in [1.54, 1.807) is 7.11 Å². The van der Waals surface area contributed by atoms with Crippen LogP contribution in [0.15, 0.2) is 36.5 Å². The van der Waals surface area contributed by atoms with Crippen molar-refractivity contribution in [1.29, 1.82) is 0 Å². The summed E-state index contributed by atoms with van der Waals surface area (Å²) in [7, 11) is 1.66. The van der Waals surface area contributed by atoms with Gasteiger partial charge in [-0.25, -0.2) is 9.97 Å². The number of pyridine rings is 1. The molecule has 1 fully saturated rings. The van der Waals surface area contributed by atoms with Gasteiger partial charge in [0.2, 0.25) is 11.8 Å². The second-order valence-electron chi connectivity index (χ2n) is 9.29. The van der Waals surface area contributed by atoms with Crippen LogP contribution in [0.5, 0.6) is 5.88 Å². The number of nitrogens with one attached hydrogen (secondary N) is 2. The molecule has 4 N–H and O–H groups in total. The summed E-state index contributed by atoms with van der Waals surface area (Å²) in [5.74, 6) is 1.63. The van der Waals surface area contributed by atoms with Gasteiger partial charge in [-0.1, -0.05) is 31.5 Å². The summed E-state index contributed by atoms with van der Waals surface area (Å²) in [6, 6.07) is 10.4. The molecule has 5 rings (SSSR count). The highest BCUT2D eigenvalue weighted by Gasteiger charge is 2.20. The van der Waals surface area contributed by atoms with Gasteiger partial charge in [0.15, 0.2) is 5.82 Å². The van der Waals surface area contributed by atoms with Gasteiger partial charge in [0.05, 0.1) is 25.3 Å². The Morgan fingerprint density at radius 1 is 1.25 bits per heavy atom. The number of nitrogens with two attached hydrogens (primary N) is 1. The second kappa shape index (κ2) is 11.1. The van der Waals surface area contributed by atoms with Crippen LogP contribution in [0.25, 0.3) is 21.9 Å². The van der Waals surface area contributed by atoms with E-state index in [4.69, 9.17) is 15.2 Å². The van der Waals surface area contributed by atoms with Crippen molar-refractivity contribution in [3.8, 4) is 5.88 Å². The van der Waals surface area contributed by atoms with Gasteiger partial charge in [-0.05, 0) is 37.0 Å². The fourth-order valence-corrected chi connectivity index (χ4v) is 4.91. The highest BCUT2D eigenvalue weighted by atomic mass is 16.5. The number of aromatic nitrogens is 4. The molecule has 0 bridgehead atoms. The number of ether oxygens (including phenoxy) is 2. The maximum atomic E-state index is 6.12. The Morgan fingerprint density at radius 3 is 2.94 bits per heavy atom. The first-order valence-corrected chi connectivity index (χ1v) is 12.8. The number of fused-ring (bicyclic) bond motifs is 3. The van der Waals surface area contributed by atoms with Crippen LogP contribution < -0.4 is 21.1 Å². The molecule has 1 aromatic carbocycles. The van der Waals surface area contributed by atoms with E-state index in [0.717, 1.165) is 90.8 Å². The van der Waals surface area contributed by atoms with Crippen LogP contribution in [-0.2, 0) is 17.8 Å². The van der Waals surface area contributed by atoms with Crippen LogP contribution in [0.3, 0.4) is 0 Å². The predicted octanol–water partition coefficient (Wildman–Crippen LogP) is 4.10. The number of rotatable bonds is 11. The normalized spacial score (nSPS) is 15.7. The zero-order valence-corrected chi connectivity index (χ0v) is 21.1. The van der Waals surface area contributed by atoms with Crippen molar-refractivity contribution in [1.82, 2.24) is 24.8 Å².